The van der Waals surface area contributed by atoms with E-state index in [1.807, 2.05) is 34.9 Å². The predicted molar refractivity (Wildman–Crippen MR) is 98.0 cm³/mol. The smallest absolute Gasteiger partial charge is 0.224 e. The van der Waals surface area contributed by atoms with E-state index in [2.05, 4.69) is 15.0 Å². The van der Waals surface area contributed by atoms with E-state index >= 15 is 0 Å². The van der Waals surface area contributed by atoms with Crippen LogP contribution in [0.25, 0.3) is 11.2 Å². The second-order valence-corrected chi connectivity index (χ2v) is 6.74. The van der Waals surface area contributed by atoms with Gasteiger partial charge < -0.3 is 25.9 Å². The minimum Gasteiger partial charge on any atom is -0.393 e. The van der Waals surface area contributed by atoms with Gasteiger partial charge in [-0.3, -0.25) is 0 Å². The van der Waals surface area contributed by atoms with Crippen molar-refractivity contribution in [2.24, 2.45) is 5.92 Å². The van der Waals surface area contributed by atoms with Crippen LogP contribution >= 0.6 is 0 Å². The number of aliphatic hydroxyl groups excluding tert-OH is 1. The fourth-order valence-corrected chi connectivity index (χ4v) is 3.61. The quantitative estimate of drug-likeness (QED) is 0.634. The summed E-state index contributed by atoms with van der Waals surface area (Å²) < 4.78 is 7.75. The number of nitrogen functional groups attached to an aromatic ring is 2. The first kappa shape index (κ1) is 16.7. The summed E-state index contributed by atoms with van der Waals surface area (Å²) in [4.78, 5) is 12.5. The van der Waals surface area contributed by atoms with Crippen molar-refractivity contribution < 1.29 is 9.84 Å². The SMILES string of the molecule is Nc1nc(N)c2ncn([C@H]3CC(O)C(COCc4ccccc4)C3)c2n1. The maximum absolute atomic E-state index is 10.4. The molecule has 0 aliphatic heterocycles. The molecule has 0 bridgehead atoms. The second kappa shape index (κ2) is 6.89. The molecule has 1 fully saturated rings. The number of anilines is 2. The number of rotatable bonds is 5. The molecule has 5 N–H and O–H groups in total. The fraction of sp³-hybridized carbons (Fsp3) is 0.389. The molecule has 8 nitrogen and oxygen atoms in total. The van der Waals surface area contributed by atoms with Crippen molar-refractivity contribution in [2.45, 2.75) is 31.6 Å². The maximum Gasteiger partial charge on any atom is 0.224 e. The van der Waals surface area contributed by atoms with Gasteiger partial charge in [0.25, 0.3) is 0 Å². The van der Waals surface area contributed by atoms with E-state index in [-0.39, 0.29) is 23.7 Å². The van der Waals surface area contributed by atoms with Crippen LogP contribution in [0.4, 0.5) is 11.8 Å². The van der Waals surface area contributed by atoms with Crippen LogP contribution in [-0.4, -0.2) is 37.3 Å². The Kier molecular flexibility index (Phi) is 4.44. The van der Waals surface area contributed by atoms with Crippen molar-refractivity contribution in [1.82, 2.24) is 19.5 Å². The average Bonchev–Trinajstić information content (AvgIpc) is 3.20. The summed E-state index contributed by atoms with van der Waals surface area (Å²) in [5.74, 6) is 0.461. The van der Waals surface area contributed by atoms with E-state index in [1.165, 1.54) is 0 Å². The lowest BCUT2D eigenvalue weighted by molar-refractivity contribution is 0.0367. The van der Waals surface area contributed by atoms with E-state index in [0.29, 0.717) is 30.8 Å². The molecule has 1 saturated carbocycles. The zero-order valence-corrected chi connectivity index (χ0v) is 14.3. The monoisotopic (exact) mass is 354 g/mol. The Labute approximate surface area is 150 Å². The molecule has 2 aromatic heterocycles. The van der Waals surface area contributed by atoms with Crippen LogP contribution in [0.3, 0.4) is 0 Å². The van der Waals surface area contributed by atoms with Crippen LogP contribution in [0.5, 0.6) is 0 Å². The van der Waals surface area contributed by atoms with Crippen molar-refractivity contribution in [1.29, 1.82) is 0 Å². The van der Waals surface area contributed by atoms with Crippen LogP contribution in [0.15, 0.2) is 36.7 Å². The zero-order valence-electron chi connectivity index (χ0n) is 14.3. The van der Waals surface area contributed by atoms with Crippen LogP contribution in [-0.2, 0) is 11.3 Å². The normalized spacial score (nSPS) is 22.9. The van der Waals surface area contributed by atoms with Crippen LogP contribution < -0.4 is 11.5 Å². The number of fused-ring (bicyclic) bond motifs is 1. The van der Waals surface area contributed by atoms with Crippen LogP contribution in [0.1, 0.15) is 24.4 Å². The molecule has 2 unspecified atom stereocenters. The number of nitrogens with zero attached hydrogens (tertiary/aromatic N) is 4. The van der Waals surface area contributed by atoms with E-state index < -0.39 is 6.10 Å². The molecule has 4 rings (SSSR count). The van der Waals surface area contributed by atoms with Gasteiger partial charge in [0, 0.05) is 12.0 Å². The first-order valence-electron chi connectivity index (χ1n) is 8.67. The van der Waals surface area contributed by atoms with E-state index in [0.717, 1.165) is 12.0 Å². The van der Waals surface area contributed by atoms with Gasteiger partial charge in [0.1, 0.15) is 5.52 Å². The van der Waals surface area contributed by atoms with Gasteiger partial charge in [-0.1, -0.05) is 30.3 Å². The lowest BCUT2D eigenvalue weighted by atomic mass is 10.1. The highest BCUT2D eigenvalue weighted by molar-refractivity contribution is 5.82. The second-order valence-electron chi connectivity index (χ2n) is 6.74. The molecular formula is C18H22N6O2. The largest absolute Gasteiger partial charge is 0.393 e. The van der Waals surface area contributed by atoms with Crippen molar-refractivity contribution >= 4 is 22.9 Å². The highest BCUT2D eigenvalue weighted by Gasteiger charge is 2.35. The molecule has 0 radical (unpaired) electrons. The first-order chi connectivity index (χ1) is 12.6. The Balaban J connectivity index is 1.44. The maximum atomic E-state index is 10.4. The molecule has 0 spiro atoms. The zero-order chi connectivity index (χ0) is 18.1. The minimum absolute atomic E-state index is 0.0673. The lowest BCUT2D eigenvalue weighted by Gasteiger charge is -2.14. The topological polar surface area (TPSA) is 125 Å². The summed E-state index contributed by atoms with van der Waals surface area (Å²) >= 11 is 0. The van der Waals surface area contributed by atoms with Crippen LogP contribution in [0.2, 0.25) is 0 Å². The van der Waals surface area contributed by atoms with Crippen molar-refractivity contribution in [3.8, 4) is 0 Å². The Morgan fingerprint density at radius 3 is 2.77 bits per heavy atom. The molecule has 8 heteroatoms. The fourth-order valence-electron chi connectivity index (χ4n) is 3.61. The van der Waals surface area contributed by atoms with Gasteiger partial charge in [0.2, 0.25) is 5.95 Å². The average molecular weight is 354 g/mol. The minimum atomic E-state index is -0.426. The summed E-state index contributed by atoms with van der Waals surface area (Å²) in [5, 5.41) is 10.4. The van der Waals surface area contributed by atoms with E-state index in [4.69, 9.17) is 16.2 Å². The Morgan fingerprint density at radius 1 is 1.15 bits per heavy atom. The van der Waals surface area contributed by atoms with E-state index in [9.17, 15) is 5.11 Å². The number of aromatic nitrogens is 4. The summed E-state index contributed by atoms with van der Waals surface area (Å²) in [7, 11) is 0. The molecule has 0 amide bonds. The Bertz CT molecular complexity index is 897. The molecular weight excluding hydrogens is 332 g/mol. The van der Waals surface area contributed by atoms with E-state index in [1.54, 1.807) is 6.33 Å². The Hall–Kier alpha value is -2.71. The summed E-state index contributed by atoms with van der Waals surface area (Å²) in [6.45, 7) is 1.06. The van der Waals surface area contributed by atoms with Gasteiger partial charge in [-0.25, -0.2) is 4.98 Å². The van der Waals surface area contributed by atoms with Gasteiger partial charge >= 0.3 is 0 Å². The number of benzene rings is 1. The van der Waals surface area contributed by atoms with Gasteiger partial charge in [-0.15, -0.1) is 0 Å². The number of aliphatic hydroxyl groups is 1. The first-order valence-corrected chi connectivity index (χ1v) is 8.67. The summed E-state index contributed by atoms with van der Waals surface area (Å²) in [6.07, 6.45) is 2.67. The van der Waals surface area contributed by atoms with Gasteiger partial charge in [0.05, 0.1) is 25.6 Å². The molecule has 1 aliphatic carbocycles. The lowest BCUT2D eigenvalue weighted by Crippen LogP contribution is -2.18. The molecule has 26 heavy (non-hydrogen) atoms. The molecule has 1 aliphatic rings. The third kappa shape index (κ3) is 3.21. The summed E-state index contributed by atoms with van der Waals surface area (Å²) in [5.41, 5.74) is 13.9. The number of hydrogen-bond donors (Lipinski definition) is 3. The summed E-state index contributed by atoms with van der Waals surface area (Å²) in [6, 6.07) is 10.1. The van der Waals surface area contributed by atoms with Gasteiger partial charge in [-0.2, -0.15) is 9.97 Å². The highest BCUT2D eigenvalue weighted by Crippen LogP contribution is 2.37. The standard InChI is InChI=1S/C18H22N6O2/c19-16-15-17(23-18(20)22-16)24(10-21-15)13-6-12(14(25)7-13)9-26-8-11-4-2-1-3-5-11/h1-5,10,12-14,25H,6-9H2,(H4,19,20,22,23)/t12?,13-,14?/m1/s1. The Morgan fingerprint density at radius 2 is 1.96 bits per heavy atom. The van der Waals surface area contributed by atoms with Crippen LogP contribution in [0, 0.1) is 5.92 Å². The molecule has 1 aromatic carbocycles. The third-order valence-electron chi connectivity index (χ3n) is 4.94. The number of imidazole rings is 1. The molecule has 3 atom stereocenters. The molecule has 2 heterocycles. The van der Waals surface area contributed by atoms with Crippen molar-refractivity contribution in [3.05, 3.63) is 42.2 Å². The van der Waals surface area contributed by atoms with Gasteiger partial charge in [0.15, 0.2) is 11.5 Å². The molecule has 0 saturated heterocycles. The number of hydrogen-bond acceptors (Lipinski definition) is 7. The number of nitrogens with two attached hydrogens (primary N) is 2. The highest BCUT2D eigenvalue weighted by atomic mass is 16.5. The third-order valence-corrected chi connectivity index (χ3v) is 4.94. The molecule has 3 aromatic rings. The predicted octanol–water partition coefficient (Wildman–Crippen LogP) is 1.52. The van der Waals surface area contributed by atoms with Gasteiger partial charge in [-0.05, 0) is 18.4 Å². The number of ether oxygens (including phenoxy) is 1. The van der Waals surface area contributed by atoms with Crippen molar-refractivity contribution in [2.75, 3.05) is 18.1 Å². The van der Waals surface area contributed by atoms with Crippen molar-refractivity contribution in [3.63, 3.8) is 0 Å². The molecule has 136 valence electrons.